The fourth-order valence-corrected chi connectivity index (χ4v) is 4.25. The van der Waals surface area contributed by atoms with E-state index in [-0.39, 0.29) is 30.1 Å². The first kappa shape index (κ1) is 18.1. The second-order valence-electron chi connectivity index (χ2n) is 7.37. The number of para-hydroxylation sites is 1. The monoisotopic (exact) mass is 371 g/mol. The summed E-state index contributed by atoms with van der Waals surface area (Å²) in [7, 11) is 0. The molecule has 3 fully saturated rings. The molecule has 1 unspecified atom stereocenters. The quantitative estimate of drug-likeness (QED) is 0.738. The first-order valence-electron chi connectivity index (χ1n) is 9.67. The third-order valence-electron chi connectivity index (χ3n) is 5.78. The molecule has 0 spiro atoms. The summed E-state index contributed by atoms with van der Waals surface area (Å²) in [5, 5.41) is 0. The minimum absolute atomic E-state index is 0.0109. The van der Waals surface area contributed by atoms with Crippen molar-refractivity contribution in [3.05, 3.63) is 30.3 Å². The second-order valence-corrected chi connectivity index (χ2v) is 7.37. The van der Waals surface area contributed by atoms with Gasteiger partial charge in [0.05, 0.1) is 31.4 Å². The minimum atomic E-state index is -0.405. The maximum atomic E-state index is 12.9. The molecule has 3 aliphatic rings. The molecule has 1 atom stereocenters. The van der Waals surface area contributed by atoms with Gasteiger partial charge in [-0.15, -0.1) is 0 Å². The molecule has 0 bridgehead atoms. The van der Waals surface area contributed by atoms with E-state index in [4.69, 9.17) is 4.74 Å². The van der Waals surface area contributed by atoms with Crippen LogP contribution in [0.25, 0.3) is 0 Å². The zero-order chi connectivity index (χ0) is 18.8. The third kappa shape index (κ3) is 3.61. The summed E-state index contributed by atoms with van der Waals surface area (Å²) < 4.78 is 5.31. The third-order valence-corrected chi connectivity index (χ3v) is 5.78. The van der Waals surface area contributed by atoms with E-state index in [2.05, 4.69) is 4.90 Å². The van der Waals surface area contributed by atoms with Crippen LogP contribution in [-0.4, -0.2) is 73.0 Å². The number of benzene rings is 1. The van der Waals surface area contributed by atoms with E-state index in [9.17, 15) is 14.4 Å². The van der Waals surface area contributed by atoms with Gasteiger partial charge in [-0.25, -0.2) is 4.90 Å². The summed E-state index contributed by atoms with van der Waals surface area (Å²) in [5.41, 5.74) is 0.632. The van der Waals surface area contributed by atoms with Gasteiger partial charge in [-0.3, -0.25) is 19.3 Å². The Hall–Kier alpha value is -2.25. The fraction of sp³-hybridized carbons (Fsp3) is 0.550. The summed E-state index contributed by atoms with van der Waals surface area (Å²) in [6, 6.07) is 8.67. The number of hydrogen-bond donors (Lipinski definition) is 0. The summed E-state index contributed by atoms with van der Waals surface area (Å²) in [6.45, 7) is 3.90. The van der Waals surface area contributed by atoms with Gasteiger partial charge in [-0.05, 0) is 38.1 Å². The number of rotatable bonds is 3. The van der Waals surface area contributed by atoms with Crippen molar-refractivity contribution in [3.63, 3.8) is 0 Å². The molecule has 144 valence electrons. The van der Waals surface area contributed by atoms with Crippen molar-refractivity contribution in [1.82, 2.24) is 9.80 Å². The minimum Gasteiger partial charge on any atom is -0.378 e. The Kier molecular flexibility index (Phi) is 5.22. The molecule has 3 aliphatic heterocycles. The van der Waals surface area contributed by atoms with E-state index in [0.717, 1.165) is 12.8 Å². The number of piperidine rings is 1. The van der Waals surface area contributed by atoms with E-state index >= 15 is 0 Å². The van der Waals surface area contributed by atoms with Gasteiger partial charge >= 0.3 is 0 Å². The number of likely N-dealkylation sites (tertiary alicyclic amines) is 1. The number of carbonyl (C=O) groups is 3. The number of ether oxygens (including phenoxy) is 1. The van der Waals surface area contributed by atoms with Crippen LogP contribution in [0.15, 0.2) is 30.3 Å². The average molecular weight is 371 g/mol. The number of morpholine rings is 1. The Bertz CT molecular complexity index is 709. The molecular weight excluding hydrogens is 346 g/mol. The average Bonchev–Trinajstić information content (AvgIpc) is 3.03. The molecular formula is C20H25N3O4. The van der Waals surface area contributed by atoms with Crippen molar-refractivity contribution in [2.24, 2.45) is 5.92 Å². The molecule has 0 radical (unpaired) electrons. The van der Waals surface area contributed by atoms with E-state index in [0.29, 0.717) is 45.1 Å². The number of hydrogen-bond acceptors (Lipinski definition) is 5. The van der Waals surface area contributed by atoms with Crippen LogP contribution in [0.5, 0.6) is 0 Å². The van der Waals surface area contributed by atoms with Gasteiger partial charge in [0.15, 0.2) is 0 Å². The molecule has 3 heterocycles. The fourth-order valence-electron chi connectivity index (χ4n) is 4.25. The largest absolute Gasteiger partial charge is 0.378 e. The number of imide groups is 1. The molecule has 0 aromatic heterocycles. The summed E-state index contributed by atoms with van der Waals surface area (Å²) in [5.74, 6) is -0.0821. The Morgan fingerprint density at radius 2 is 1.63 bits per heavy atom. The standard InChI is InChI=1S/C20H25N3O4/c24-18-14-17(20(26)23(18)16-4-2-1-3-5-16)21-8-6-15(7-9-21)19(25)22-10-12-27-13-11-22/h1-5,15,17H,6-14H2. The van der Waals surface area contributed by atoms with E-state index < -0.39 is 6.04 Å². The van der Waals surface area contributed by atoms with Gasteiger partial charge in [0.1, 0.15) is 0 Å². The highest BCUT2D eigenvalue weighted by Crippen LogP contribution is 2.29. The summed E-state index contributed by atoms with van der Waals surface area (Å²) >= 11 is 0. The number of anilines is 1. The first-order chi connectivity index (χ1) is 13.1. The number of amides is 3. The molecule has 3 amide bonds. The first-order valence-corrected chi connectivity index (χ1v) is 9.67. The molecule has 0 aliphatic carbocycles. The maximum absolute atomic E-state index is 12.9. The normalized spacial score (nSPS) is 25.3. The zero-order valence-corrected chi connectivity index (χ0v) is 15.4. The van der Waals surface area contributed by atoms with Gasteiger partial charge in [-0.2, -0.15) is 0 Å². The Morgan fingerprint density at radius 1 is 0.963 bits per heavy atom. The van der Waals surface area contributed by atoms with Gasteiger partial charge in [0.25, 0.3) is 5.91 Å². The van der Waals surface area contributed by atoms with E-state index in [1.807, 2.05) is 23.1 Å². The van der Waals surface area contributed by atoms with Crippen LogP contribution in [0.2, 0.25) is 0 Å². The summed E-state index contributed by atoms with van der Waals surface area (Å²) in [6.07, 6.45) is 1.69. The lowest BCUT2D eigenvalue weighted by atomic mass is 9.94. The lowest BCUT2D eigenvalue weighted by Gasteiger charge is -2.37. The molecule has 0 N–H and O–H groups in total. The van der Waals surface area contributed by atoms with Gasteiger partial charge < -0.3 is 9.64 Å². The van der Waals surface area contributed by atoms with Crippen LogP contribution in [0.4, 0.5) is 5.69 Å². The van der Waals surface area contributed by atoms with Crippen LogP contribution >= 0.6 is 0 Å². The lowest BCUT2D eigenvalue weighted by molar-refractivity contribution is -0.141. The van der Waals surface area contributed by atoms with Gasteiger partial charge in [0, 0.05) is 19.0 Å². The highest BCUT2D eigenvalue weighted by molar-refractivity contribution is 6.22. The molecule has 27 heavy (non-hydrogen) atoms. The van der Waals surface area contributed by atoms with Gasteiger partial charge in [0.2, 0.25) is 11.8 Å². The van der Waals surface area contributed by atoms with Crippen molar-refractivity contribution < 1.29 is 19.1 Å². The summed E-state index contributed by atoms with van der Waals surface area (Å²) in [4.78, 5) is 43.2. The smallest absolute Gasteiger partial charge is 0.251 e. The molecule has 1 aromatic rings. The highest BCUT2D eigenvalue weighted by Gasteiger charge is 2.44. The van der Waals surface area contributed by atoms with E-state index in [1.54, 1.807) is 12.1 Å². The second kappa shape index (κ2) is 7.78. The van der Waals surface area contributed by atoms with Crippen molar-refractivity contribution in [2.45, 2.75) is 25.3 Å². The Balaban J connectivity index is 1.36. The Labute approximate surface area is 158 Å². The Morgan fingerprint density at radius 3 is 2.30 bits per heavy atom. The maximum Gasteiger partial charge on any atom is 0.251 e. The van der Waals surface area contributed by atoms with Crippen LogP contribution in [0.1, 0.15) is 19.3 Å². The molecule has 1 aromatic carbocycles. The number of nitrogens with zero attached hydrogens (tertiary/aromatic N) is 3. The van der Waals surface area contributed by atoms with Gasteiger partial charge in [-0.1, -0.05) is 18.2 Å². The predicted molar refractivity (Wildman–Crippen MR) is 99.0 cm³/mol. The predicted octanol–water partition coefficient (Wildman–Crippen LogP) is 0.889. The van der Waals surface area contributed by atoms with Crippen molar-refractivity contribution in [2.75, 3.05) is 44.3 Å². The zero-order valence-electron chi connectivity index (χ0n) is 15.4. The molecule has 7 heteroatoms. The van der Waals surface area contributed by atoms with Crippen LogP contribution < -0.4 is 4.90 Å². The van der Waals surface area contributed by atoms with Crippen molar-refractivity contribution in [1.29, 1.82) is 0 Å². The van der Waals surface area contributed by atoms with Crippen molar-refractivity contribution >= 4 is 23.4 Å². The van der Waals surface area contributed by atoms with Crippen molar-refractivity contribution in [3.8, 4) is 0 Å². The highest BCUT2D eigenvalue weighted by atomic mass is 16.5. The van der Waals surface area contributed by atoms with E-state index in [1.165, 1.54) is 4.90 Å². The SMILES string of the molecule is O=C(C1CCN(C2CC(=O)N(c3ccccc3)C2=O)CC1)N1CCOCC1. The molecule has 0 saturated carbocycles. The molecule has 4 rings (SSSR count). The van der Waals surface area contributed by atoms with Crippen LogP contribution in [0, 0.1) is 5.92 Å². The van der Waals surface area contributed by atoms with Crippen LogP contribution in [0.3, 0.4) is 0 Å². The lowest BCUT2D eigenvalue weighted by Crippen LogP contribution is -2.50. The molecule has 7 nitrogen and oxygen atoms in total. The van der Waals surface area contributed by atoms with Crippen LogP contribution in [-0.2, 0) is 19.1 Å². The topological polar surface area (TPSA) is 70.2 Å². The molecule has 3 saturated heterocycles. The number of carbonyl (C=O) groups excluding carboxylic acids is 3.